The van der Waals surface area contributed by atoms with E-state index in [0.29, 0.717) is 18.0 Å². The Morgan fingerprint density at radius 1 is 1.23 bits per heavy atom. The molecular formula is C25H33FN2O3. The monoisotopic (exact) mass is 428 g/mol. The number of amides is 1. The Kier molecular flexibility index (Phi) is 10.6. The van der Waals surface area contributed by atoms with Gasteiger partial charge in [-0.1, -0.05) is 39.3 Å². The van der Waals surface area contributed by atoms with Gasteiger partial charge in [-0.2, -0.15) is 0 Å². The van der Waals surface area contributed by atoms with Crippen molar-refractivity contribution < 1.29 is 19.1 Å². The van der Waals surface area contributed by atoms with Crippen molar-refractivity contribution in [1.29, 1.82) is 0 Å². The Morgan fingerprint density at radius 3 is 2.39 bits per heavy atom. The summed E-state index contributed by atoms with van der Waals surface area (Å²) in [4.78, 5) is 25.7. The number of hydrogen-bond donors (Lipinski definition) is 2. The quantitative estimate of drug-likeness (QED) is 0.555. The minimum Gasteiger partial charge on any atom is -0.481 e. The summed E-state index contributed by atoms with van der Waals surface area (Å²) >= 11 is 0. The summed E-state index contributed by atoms with van der Waals surface area (Å²) in [6.07, 6.45) is 5.97. The van der Waals surface area contributed by atoms with E-state index in [1.807, 2.05) is 33.8 Å². The first-order valence-electron chi connectivity index (χ1n) is 10.5. The largest absolute Gasteiger partial charge is 0.481 e. The summed E-state index contributed by atoms with van der Waals surface area (Å²) in [7, 11) is 0. The molecule has 1 aromatic heterocycles. The van der Waals surface area contributed by atoms with Gasteiger partial charge < -0.3 is 10.4 Å². The minimum absolute atomic E-state index is 0.133. The molecule has 0 spiro atoms. The number of pyridine rings is 1. The van der Waals surface area contributed by atoms with Gasteiger partial charge in [-0.05, 0) is 61.1 Å². The van der Waals surface area contributed by atoms with E-state index in [-0.39, 0.29) is 11.7 Å². The first-order valence-corrected chi connectivity index (χ1v) is 10.5. The number of aryl methyl sites for hydroxylation is 2. The van der Waals surface area contributed by atoms with Crippen molar-refractivity contribution >= 4 is 23.1 Å². The molecule has 1 amide bonds. The van der Waals surface area contributed by atoms with Crippen LogP contribution in [-0.2, 0) is 9.59 Å². The van der Waals surface area contributed by atoms with Crippen LogP contribution in [0.25, 0.3) is 5.57 Å². The zero-order valence-electron chi connectivity index (χ0n) is 19.3. The Bertz CT molecular complexity index is 938. The third-order valence-electron chi connectivity index (χ3n) is 4.82. The summed E-state index contributed by atoms with van der Waals surface area (Å²) in [5, 5.41) is 11.0. The van der Waals surface area contributed by atoms with E-state index in [0.717, 1.165) is 40.8 Å². The maximum Gasteiger partial charge on any atom is 0.303 e. The van der Waals surface area contributed by atoms with Crippen LogP contribution in [0.15, 0.2) is 36.5 Å². The fourth-order valence-electron chi connectivity index (χ4n) is 2.96. The van der Waals surface area contributed by atoms with Crippen LogP contribution in [0, 0.1) is 25.6 Å². The van der Waals surface area contributed by atoms with E-state index in [9.17, 15) is 14.0 Å². The molecule has 0 saturated carbocycles. The molecule has 2 N–H and O–H groups in total. The third kappa shape index (κ3) is 8.70. The van der Waals surface area contributed by atoms with E-state index >= 15 is 0 Å². The highest BCUT2D eigenvalue weighted by atomic mass is 19.1. The summed E-state index contributed by atoms with van der Waals surface area (Å²) in [6, 6.07) is 6.68. The molecule has 168 valence electrons. The van der Waals surface area contributed by atoms with Gasteiger partial charge >= 0.3 is 5.97 Å². The van der Waals surface area contributed by atoms with Crippen LogP contribution < -0.4 is 5.32 Å². The lowest BCUT2D eigenvalue weighted by Gasteiger charge is -2.14. The zero-order chi connectivity index (χ0) is 23.6. The minimum atomic E-state index is -0.695. The van der Waals surface area contributed by atoms with E-state index in [1.165, 1.54) is 19.1 Å². The van der Waals surface area contributed by atoms with Crippen LogP contribution in [0.5, 0.6) is 0 Å². The number of aromatic nitrogens is 1. The molecule has 5 nitrogen and oxygen atoms in total. The molecule has 31 heavy (non-hydrogen) atoms. The van der Waals surface area contributed by atoms with Crippen LogP contribution in [0.3, 0.4) is 0 Å². The number of nitrogens with one attached hydrogen (secondary N) is 1. The molecule has 6 heteroatoms. The number of anilines is 1. The Morgan fingerprint density at radius 2 is 1.90 bits per heavy atom. The smallest absolute Gasteiger partial charge is 0.303 e. The van der Waals surface area contributed by atoms with Crippen LogP contribution >= 0.6 is 0 Å². The van der Waals surface area contributed by atoms with Gasteiger partial charge in [0.25, 0.3) is 0 Å². The van der Waals surface area contributed by atoms with Gasteiger partial charge in [-0.15, -0.1) is 0 Å². The molecule has 0 aliphatic carbocycles. The second kappa shape index (κ2) is 12.6. The summed E-state index contributed by atoms with van der Waals surface area (Å²) < 4.78 is 13.4. The lowest BCUT2D eigenvalue weighted by atomic mass is 9.94. The van der Waals surface area contributed by atoms with Crippen LogP contribution in [0.1, 0.15) is 69.3 Å². The maximum absolute atomic E-state index is 13.4. The molecule has 1 aromatic carbocycles. The number of carboxylic acid groups (broad SMARTS) is 1. The molecule has 0 saturated heterocycles. The van der Waals surface area contributed by atoms with Gasteiger partial charge in [0.2, 0.25) is 5.91 Å². The van der Waals surface area contributed by atoms with Gasteiger partial charge in [0.15, 0.2) is 0 Å². The number of carboxylic acids is 1. The molecule has 2 rings (SSSR count). The predicted octanol–water partition coefficient (Wildman–Crippen LogP) is 6.14. The average molecular weight is 429 g/mol. The van der Waals surface area contributed by atoms with E-state index in [2.05, 4.69) is 23.3 Å². The number of hydrogen-bond acceptors (Lipinski definition) is 3. The third-order valence-corrected chi connectivity index (χ3v) is 4.82. The Labute approximate surface area is 184 Å². The van der Waals surface area contributed by atoms with Crippen LogP contribution in [0.2, 0.25) is 0 Å². The van der Waals surface area contributed by atoms with Crippen molar-refractivity contribution in [2.75, 3.05) is 5.32 Å². The molecular weight excluding hydrogens is 395 g/mol. The summed E-state index contributed by atoms with van der Waals surface area (Å²) in [5.41, 5.74) is 5.17. The van der Waals surface area contributed by atoms with E-state index in [4.69, 9.17) is 5.11 Å². The second-order valence-corrected chi connectivity index (χ2v) is 7.63. The standard InChI is InChI=1S/C19H21FN2O.C6H12O2/c1-5-6-18(17-8-7-16(20)9-12(17)2)15-10-19(22-14(4)23)13(3)21-11-15;1-3-5(2)4-6(7)8/h6-11H,5H2,1-4H3,(H,22,23);5H,3-4H2,1-2H3,(H,7,8)/b18-6-;. The lowest BCUT2D eigenvalue weighted by molar-refractivity contribution is -0.138. The normalized spacial score (nSPS) is 11.9. The molecule has 0 radical (unpaired) electrons. The van der Waals surface area contributed by atoms with Crippen molar-refractivity contribution in [3.05, 3.63) is 64.7 Å². The molecule has 0 fully saturated rings. The van der Waals surface area contributed by atoms with E-state index < -0.39 is 5.97 Å². The van der Waals surface area contributed by atoms with Gasteiger partial charge in [-0.3, -0.25) is 14.6 Å². The predicted molar refractivity (Wildman–Crippen MR) is 123 cm³/mol. The Hall–Kier alpha value is -3.02. The topological polar surface area (TPSA) is 79.3 Å². The molecule has 1 atom stereocenters. The van der Waals surface area contributed by atoms with Gasteiger partial charge in [0.1, 0.15) is 5.82 Å². The molecule has 0 aliphatic heterocycles. The van der Waals surface area contributed by atoms with Gasteiger partial charge in [0.05, 0.1) is 11.4 Å². The number of aliphatic carboxylic acids is 1. The molecule has 0 bridgehead atoms. The number of benzene rings is 1. The van der Waals surface area contributed by atoms with Crippen molar-refractivity contribution in [3.8, 4) is 0 Å². The second-order valence-electron chi connectivity index (χ2n) is 7.63. The van der Waals surface area contributed by atoms with E-state index in [1.54, 1.807) is 12.3 Å². The highest BCUT2D eigenvalue weighted by Gasteiger charge is 2.11. The number of carbonyl (C=O) groups excluding carboxylic acids is 1. The molecule has 1 heterocycles. The summed E-state index contributed by atoms with van der Waals surface area (Å²) in [6.45, 7) is 11.2. The first kappa shape index (κ1) is 26.0. The van der Waals surface area contributed by atoms with Gasteiger partial charge in [0, 0.05) is 25.1 Å². The molecule has 2 aromatic rings. The summed E-state index contributed by atoms with van der Waals surface area (Å²) in [5.74, 6) is -0.749. The first-order chi connectivity index (χ1) is 14.6. The van der Waals surface area contributed by atoms with Crippen LogP contribution in [0.4, 0.5) is 10.1 Å². The highest BCUT2D eigenvalue weighted by molar-refractivity contribution is 5.90. The van der Waals surface area contributed by atoms with Crippen LogP contribution in [-0.4, -0.2) is 22.0 Å². The van der Waals surface area contributed by atoms with Crippen molar-refractivity contribution in [2.24, 2.45) is 5.92 Å². The molecule has 0 aliphatic rings. The number of nitrogens with zero attached hydrogens (tertiary/aromatic N) is 1. The SMILES string of the molecule is CC/C=C(/c1cnc(C)c(NC(C)=O)c1)c1ccc(F)cc1C.CCC(C)CC(=O)O. The van der Waals surface area contributed by atoms with Crippen molar-refractivity contribution in [1.82, 2.24) is 4.98 Å². The Balaban J connectivity index is 0.000000512. The lowest BCUT2D eigenvalue weighted by Crippen LogP contribution is -2.08. The fraction of sp³-hybridized carbons (Fsp3) is 0.400. The fourth-order valence-corrected chi connectivity index (χ4v) is 2.96. The van der Waals surface area contributed by atoms with Crippen molar-refractivity contribution in [3.63, 3.8) is 0 Å². The van der Waals surface area contributed by atoms with Gasteiger partial charge in [-0.25, -0.2) is 4.39 Å². The van der Waals surface area contributed by atoms with Crippen molar-refractivity contribution in [2.45, 2.75) is 60.8 Å². The maximum atomic E-state index is 13.4. The number of rotatable bonds is 7. The molecule has 1 unspecified atom stereocenters. The zero-order valence-corrected chi connectivity index (χ0v) is 19.3. The number of halogens is 1. The highest BCUT2D eigenvalue weighted by Crippen LogP contribution is 2.29. The average Bonchev–Trinajstić information content (AvgIpc) is 2.68. The number of allylic oxidation sites excluding steroid dienone is 1. The number of carbonyl (C=O) groups is 2.